The van der Waals surface area contributed by atoms with E-state index in [1.165, 1.54) is 0 Å². The number of aromatic nitrogens is 1. The van der Waals surface area contributed by atoms with Gasteiger partial charge in [-0.25, -0.2) is 4.98 Å². The number of pyridine rings is 1. The molecule has 0 aliphatic rings. The molecule has 0 bridgehead atoms. The van der Waals surface area contributed by atoms with Crippen molar-refractivity contribution in [2.24, 2.45) is 0 Å². The van der Waals surface area contributed by atoms with Crippen molar-refractivity contribution in [3.05, 3.63) is 23.9 Å². The van der Waals surface area contributed by atoms with E-state index in [-0.39, 0.29) is 11.9 Å². The predicted molar refractivity (Wildman–Crippen MR) is 81.1 cm³/mol. The Balaban J connectivity index is 3.02. The van der Waals surface area contributed by atoms with Crippen LogP contribution in [0.15, 0.2) is 18.3 Å². The maximum atomic E-state index is 12.8. The number of nitrogens with one attached hydrogen (secondary N) is 1. The van der Waals surface area contributed by atoms with E-state index in [0.717, 1.165) is 12.8 Å². The van der Waals surface area contributed by atoms with Gasteiger partial charge in [0, 0.05) is 32.9 Å². The Morgan fingerprint density at radius 1 is 1.45 bits per heavy atom. The minimum absolute atomic E-state index is 0.00759. The lowest BCUT2D eigenvalue weighted by Crippen LogP contribution is -2.42. The van der Waals surface area contributed by atoms with Crippen molar-refractivity contribution in [2.75, 3.05) is 32.6 Å². The number of carbonyl (C=O) groups excluding carboxylic acids is 1. The summed E-state index contributed by atoms with van der Waals surface area (Å²) in [6, 6.07) is 3.82. The van der Waals surface area contributed by atoms with Crippen molar-refractivity contribution in [1.82, 2.24) is 9.88 Å². The summed E-state index contributed by atoms with van der Waals surface area (Å²) in [4.78, 5) is 18.9. The number of carbonyl (C=O) groups is 1. The third kappa shape index (κ3) is 3.93. The zero-order valence-corrected chi connectivity index (χ0v) is 12.8. The molecular formula is C15H25N3O2. The summed E-state index contributed by atoms with van der Waals surface area (Å²) in [7, 11) is 3.42. The van der Waals surface area contributed by atoms with Crippen molar-refractivity contribution < 1.29 is 9.53 Å². The highest BCUT2D eigenvalue weighted by atomic mass is 16.5. The first kappa shape index (κ1) is 16.4. The highest BCUT2D eigenvalue weighted by Gasteiger charge is 2.24. The molecule has 0 unspecified atom stereocenters. The quantitative estimate of drug-likeness (QED) is 0.794. The molecule has 1 heterocycles. The molecule has 5 heteroatoms. The highest BCUT2D eigenvalue weighted by Crippen LogP contribution is 2.18. The van der Waals surface area contributed by atoms with E-state index in [0.29, 0.717) is 24.5 Å². The van der Waals surface area contributed by atoms with E-state index in [4.69, 9.17) is 4.74 Å². The summed E-state index contributed by atoms with van der Waals surface area (Å²) in [6.07, 6.45) is 3.54. The van der Waals surface area contributed by atoms with Gasteiger partial charge in [-0.15, -0.1) is 0 Å². The number of nitrogens with zero attached hydrogens (tertiary/aromatic N) is 2. The van der Waals surface area contributed by atoms with Gasteiger partial charge in [0.05, 0.1) is 12.2 Å². The van der Waals surface area contributed by atoms with Crippen LogP contribution in [0.5, 0.6) is 0 Å². The Kier molecular flexibility index (Phi) is 7.01. The molecule has 0 aliphatic carbocycles. The second-order valence-electron chi connectivity index (χ2n) is 4.61. The molecule has 0 aliphatic heterocycles. The third-order valence-corrected chi connectivity index (χ3v) is 3.46. The molecule has 5 nitrogen and oxygen atoms in total. The first-order chi connectivity index (χ1) is 9.69. The summed E-state index contributed by atoms with van der Waals surface area (Å²) in [5.74, 6) is 0.624. The van der Waals surface area contributed by atoms with Crippen LogP contribution < -0.4 is 5.32 Å². The summed E-state index contributed by atoms with van der Waals surface area (Å²) in [5.41, 5.74) is 0.609. The topological polar surface area (TPSA) is 54.5 Å². The van der Waals surface area contributed by atoms with E-state index < -0.39 is 0 Å². The van der Waals surface area contributed by atoms with E-state index >= 15 is 0 Å². The molecule has 0 fully saturated rings. The van der Waals surface area contributed by atoms with Gasteiger partial charge in [0.1, 0.15) is 5.82 Å². The Bertz CT molecular complexity index is 419. The van der Waals surface area contributed by atoms with Crippen LogP contribution in [0.25, 0.3) is 0 Å². The molecule has 1 aromatic heterocycles. The van der Waals surface area contributed by atoms with Crippen molar-refractivity contribution >= 4 is 11.7 Å². The van der Waals surface area contributed by atoms with Gasteiger partial charge in [-0.3, -0.25) is 4.79 Å². The van der Waals surface area contributed by atoms with Gasteiger partial charge in [-0.2, -0.15) is 0 Å². The average Bonchev–Trinajstić information content (AvgIpc) is 2.50. The maximum absolute atomic E-state index is 12.8. The van der Waals surface area contributed by atoms with Gasteiger partial charge in [-0.1, -0.05) is 13.8 Å². The molecule has 112 valence electrons. The van der Waals surface area contributed by atoms with Crippen molar-refractivity contribution in [2.45, 2.75) is 32.7 Å². The molecule has 0 saturated heterocycles. The van der Waals surface area contributed by atoms with Crippen LogP contribution in [-0.4, -0.2) is 49.1 Å². The van der Waals surface area contributed by atoms with Crippen LogP contribution in [0.1, 0.15) is 37.0 Å². The molecular weight excluding hydrogens is 254 g/mol. The third-order valence-electron chi connectivity index (χ3n) is 3.46. The van der Waals surface area contributed by atoms with Crippen LogP contribution >= 0.6 is 0 Å². The fourth-order valence-corrected chi connectivity index (χ4v) is 2.30. The Morgan fingerprint density at radius 2 is 2.15 bits per heavy atom. The van der Waals surface area contributed by atoms with Gasteiger partial charge in [0.15, 0.2) is 0 Å². The van der Waals surface area contributed by atoms with E-state index in [9.17, 15) is 4.79 Å². The summed E-state index contributed by atoms with van der Waals surface area (Å²) in [6.45, 7) is 5.34. The van der Waals surface area contributed by atoms with Crippen LogP contribution in [0.2, 0.25) is 0 Å². The molecule has 1 amide bonds. The second-order valence-corrected chi connectivity index (χ2v) is 4.61. The van der Waals surface area contributed by atoms with Crippen molar-refractivity contribution in [1.29, 1.82) is 0 Å². The number of rotatable bonds is 8. The molecule has 0 saturated carbocycles. The number of ether oxygens (including phenoxy) is 1. The predicted octanol–water partition coefficient (Wildman–Crippen LogP) is 2.40. The molecule has 0 atom stereocenters. The number of amides is 1. The fourth-order valence-electron chi connectivity index (χ4n) is 2.30. The van der Waals surface area contributed by atoms with E-state index in [1.807, 2.05) is 11.0 Å². The van der Waals surface area contributed by atoms with Crippen LogP contribution in [0, 0.1) is 0 Å². The molecule has 1 rings (SSSR count). The zero-order chi connectivity index (χ0) is 15.0. The maximum Gasteiger partial charge on any atom is 0.257 e. The van der Waals surface area contributed by atoms with Gasteiger partial charge >= 0.3 is 0 Å². The lowest BCUT2D eigenvalue weighted by Gasteiger charge is -2.30. The Morgan fingerprint density at radius 3 is 2.70 bits per heavy atom. The Hall–Kier alpha value is -1.62. The number of anilines is 1. The monoisotopic (exact) mass is 279 g/mol. The molecule has 0 aromatic carbocycles. The van der Waals surface area contributed by atoms with Crippen molar-refractivity contribution in [3.8, 4) is 0 Å². The Labute approximate surface area is 121 Å². The first-order valence-corrected chi connectivity index (χ1v) is 7.12. The fraction of sp³-hybridized carbons (Fsp3) is 0.600. The number of hydrogen-bond donors (Lipinski definition) is 1. The zero-order valence-electron chi connectivity index (χ0n) is 12.8. The molecule has 1 aromatic rings. The summed E-state index contributed by atoms with van der Waals surface area (Å²) in [5, 5.41) is 2.97. The molecule has 20 heavy (non-hydrogen) atoms. The van der Waals surface area contributed by atoms with Gasteiger partial charge < -0.3 is 15.0 Å². The minimum atomic E-state index is 0.00759. The normalized spacial score (nSPS) is 10.7. The van der Waals surface area contributed by atoms with Crippen LogP contribution in [-0.2, 0) is 4.74 Å². The van der Waals surface area contributed by atoms with Gasteiger partial charge in [0.25, 0.3) is 5.91 Å². The lowest BCUT2D eigenvalue weighted by atomic mass is 10.1. The minimum Gasteiger partial charge on any atom is -0.383 e. The van der Waals surface area contributed by atoms with Gasteiger partial charge in [0.2, 0.25) is 0 Å². The standard InChI is InChI=1S/C15H25N3O2/c1-5-12(6-2)18(10-11-20-4)15(19)13-8-7-9-17-14(13)16-3/h7-9,12H,5-6,10-11H2,1-4H3,(H,16,17). The van der Waals surface area contributed by atoms with Crippen LogP contribution in [0.3, 0.4) is 0 Å². The van der Waals surface area contributed by atoms with Crippen LogP contribution in [0.4, 0.5) is 5.82 Å². The SMILES string of the molecule is CCC(CC)N(CCOC)C(=O)c1cccnc1NC. The number of methoxy groups -OCH3 is 1. The number of hydrogen-bond acceptors (Lipinski definition) is 4. The summed E-state index contributed by atoms with van der Waals surface area (Å²) >= 11 is 0. The van der Waals surface area contributed by atoms with Gasteiger partial charge in [-0.05, 0) is 25.0 Å². The lowest BCUT2D eigenvalue weighted by molar-refractivity contribution is 0.0590. The smallest absolute Gasteiger partial charge is 0.257 e. The molecule has 1 N–H and O–H groups in total. The first-order valence-electron chi connectivity index (χ1n) is 7.12. The van der Waals surface area contributed by atoms with E-state index in [1.54, 1.807) is 26.4 Å². The molecule has 0 radical (unpaired) electrons. The van der Waals surface area contributed by atoms with Crippen molar-refractivity contribution in [3.63, 3.8) is 0 Å². The molecule has 0 spiro atoms. The van der Waals surface area contributed by atoms with E-state index in [2.05, 4.69) is 24.1 Å². The summed E-state index contributed by atoms with van der Waals surface area (Å²) < 4.78 is 5.13. The highest BCUT2D eigenvalue weighted by molar-refractivity contribution is 5.98. The average molecular weight is 279 g/mol. The largest absolute Gasteiger partial charge is 0.383 e. The second kappa shape index (κ2) is 8.53.